The van der Waals surface area contributed by atoms with E-state index < -0.39 is 0 Å². The smallest absolute Gasteiger partial charge is 0.256 e. The van der Waals surface area contributed by atoms with Crippen LogP contribution in [-0.4, -0.2) is 47.8 Å². The second kappa shape index (κ2) is 10.7. The number of hydrogen-bond donors (Lipinski definition) is 1. The van der Waals surface area contributed by atoms with Gasteiger partial charge in [-0.3, -0.25) is 4.79 Å². The van der Waals surface area contributed by atoms with E-state index in [0.717, 1.165) is 23.4 Å². The molecule has 0 unspecified atom stereocenters. The van der Waals surface area contributed by atoms with Crippen molar-refractivity contribution in [2.45, 2.75) is 20.0 Å². The molecule has 1 N–H and O–H groups in total. The van der Waals surface area contributed by atoms with Crippen molar-refractivity contribution in [3.05, 3.63) is 81.1 Å². The van der Waals surface area contributed by atoms with Crippen molar-refractivity contribution in [1.82, 2.24) is 20.0 Å². The fourth-order valence-electron chi connectivity index (χ4n) is 3.02. The lowest BCUT2D eigenvalue weighted by Crippen LogP contribution is -2.23. The summed E-state index contributed by atoms with van der Waals surface area (Å²) in [6, 6.07) is 15.1. The van der Waals surface area contributed by atoms with Crippen molar-refractivity contribution >= 4 is 29.1 Å². The zero-order chi connectivity index (χ0) is 22.4. The SMILES string of the molecule is Cc1nn(Cc2ccccc2Cl)c(Cl)c1C(=O)NCc1ccc(OCCN(C)C)cc1. The minimum absolute atomic E-state index is 0.265. The fourth-order valence-corrected chi connectivity index (χ4v) is 3.54. The van der Waals surface area contributed by atoms with E-state index in [1.807, 2.05) is 62.6 Å². The van der Waals surface area contributed by atoms with E-state index >= 15 is 0 Å². The molecule has 2 aromatic carbocycles. The summed E-state index contributed by atoms with van der Waals surface area (Å²) >= 11 is 12.7. The molecule has 31 heavy (non-hydrogen) atoms. The van der Waals surface area contributed by atoms with Gasteiger partial charge in [0.2, 0.25) is 0 Å². The molecule has 0 radical (unpaired) electrons. The molecule has 1 amide bonds. The molecule has 1 aromatic heterocycles. The first-order valence-corrected chi connectivity index (χ1v) is 10.7. The van der Waals surface area contributed by atoms with E-state index in [-0.39, 0.29) is 5.91 Å². The van der Waals surface area contributed by atoms with Crippen LogP contribution in [0.3, 0.4) is 0 Å². The van der Waals surface area contributed by atoms with E-state index in [2.05, 4.69) is 15.3 Å². The van der Waals surface area contributed by atoms with Crippen LogP contribution in [0, 0.1) is 6.92 Å². The van der Waals surface area contributed by atoms with Crippen molar-refractivity contribution in [1.29, 1.82) is 0 Å². The molecule has 0 saturated carbocycles. The number of amides is 1. The summed E-state index contributed by atoms with van der Waals surface area (Å²) in [6.07, 6.45) is 0. The summed E-state index contributed by atoms with van der Waals surface area (Å²) in [6.45, 7) is 4.01. The zero-order valence-corrected chi connectivity index (χ0v) is 19.4. The van der Waals surface area contributed by atoms with Crippen molar-refractivity contribution < 1.29 is 9.53 Å². The van der Waals surface area contributed by atoms with Crippen LogP contribution in [0.25, 0.3) is 0 Å². The largest absolute Gasteiger partial charge is 0.492 e. The monoisotopic (exact) mass is 460 g/mol. The highest BCUT2D eigenvalue weighted by Crippen LogP contribution is 2.23. The number of nitrogens with zero attached hydrogens (tertiary/aromatic N) is 3. The number of carbonyl (C=O) groups is 1. The van der Waals surface area contributed by atoms with Crippen molar-refractivity contribution in [2.24, 2.45) is 0 Å². The Morgan fingerprint density at radius 3 is 2.52 bits per heavy atom. The molecule has 164 valence electrons. The third kappa shape index (κ3) is 6.23. The lowest BCUT2D eigenvalue weighted by atomic mass is 10.2. The normalized spacial score (nSPS) is 11.0. The molecule has 0 aliphatic carbocycles. The molecule has 3 aromatic rings. The van der Waals surface area contributed by atoms with Gasteiger partial charge in [0.1, 0.15) is 17.5 Å². The van der Waals surface area contributed by atoms with Gasteiger partial charge in [0, 0.05) is 18.1 Å². The molecule has 1 heterocycles. The van der Waals surface area contributed by atoms with E-state index in [1.165, 1.54) is 0 Å². The predicted octanol–water partition coefficient (Wildman–Crippen LogP) is 4.42. The Kier molecular flexibility index (Phi) is 7.96. The lowest BCUT2D eigenvalue weighted by Gasteiger charge is -2.11. The quantitative estimate of drug-likeness (QED) is 0.513. The first-order valence-electron chi connectivity index (χ1n) is 9.96. The zero-order valence-electron chi connectivity index (χ0n) is 17.9. The van der Waals surface area contributed by atoms with Crippen LogP contribution in [0.15, 0.2) is 48.5 Å². The average molecular weight is 461 g/mol. The maximum absolute atomic E-state index is 12.8. The first-order chi connectivity index (χ1) is 14.8. The number of rotatable bonds is 9. The molecule has 0 fully saturated rings. The summed E-state index contributed by atoms with van der Waals surface area (Å²) < 4.78 is 7.28. The van der Waals surface area contributed by atoms with Crippen LogP contribution in [0.2, 0.25) is 10.2 Å². The number of nitrogens with one attached hydrogen (secondary N) is 1. The van der Waals surface area contributed by atoms with Crippen molar-refractivity contribution in [3.8, 4) is 5.75 Å². The molecule has 3 rings (SSSR count). The Hall–Kier alpha value is -2.54. The highest BCUT2D eigenvalue weighted by Gasteiger charge is 2.20. The first kappa shape index (κ1) is 23.1. The third-order valence-corrected chi connectivity index (χ3v) is 5.51. The van der Waals surface area contributed by atoms with E-state index in [0.29, 0.717) is 41.1 Å². The maximum Gasteiger partial charge on any atom is 0.256 e. The molecule has 6 nitrogen and oxygen atoms in total. The molecule has 0 saturated heterocycles. The Balaban J connectivity index is 1.61. The van der Waals surface area contributed by atoms with Gasteiger partial charge in [0.15, 0.2) is 0 Å². The highest BCUT2D eigenvalue weighted by molar-refractivity contribution is 6.33. The van der Waals surface area contributed by atoms with Gasteiger partial charge in [-0.2, -0.15) is 5.10 Å². The minimum Gasteiger partial charge on any atom is -0.492 e. The van der Waals surface area contributed by atoms with Crippen LogP contribution in [0.1, 0.15) is 27.2 Å². The summed E-state index contributed by atoms with van der Waals surface area (Å²) in [5.74, 6) is 0.538. The van der Waals surface area contributed by atoms with Gasteiger partial charge in [-0.1, -0.05) is 53.5 Å². The number of aromatic nitrogens is 2. The van der Waals surface area contributed by atoms with Crippen LogP contribution < -0.4 is 10.1 Å². The number of halogens is 2. The Morgan fingerprint density at radius 2 is 1.84 bits per heavy atom. The topological polar surface area (TPSA) is 59.4 Å². The fraction of sp³-hybridized carbons (Fsp3) is 0.304. The molecule has 0 aliphatic heterocycles. The van der Waals surface area contributed by atoms with Gasteiger partial charge in [-0.05, 0) is 50.3 Å². The molecule has 0 atom stereocenters. The van der Waals surface area contributed by atoms with Crippen LogP contribution in [0.5, 0.6) is 5.75 Å². The Bertz CT molecular complexity index is 1030. The number of ether oxygens (including phenoxy) is 1. The Labute approximate surface area is 192 Å². The lowest BCUT2D eigenvalue weighted by molar-refractivity contribution is 0.0950. The van der Waals surface area contributed by atoms with Gasteiger partial charge >= 0.3 is 0 Å². The van der Waals surface area contributed by atoms with Gasteiger partial charge in [-0.25, -0.2) is 4.68 Å². The van der Waals surface area contributed by atoms with E-state index in [9.17, 15) is 4.79 Å². The summed E-state index contributed by atoms with van der Waals surface area (Å²) in [5.41, 5.74) is 2.79. The second-order valence-corrected chi connectivity index (χ2v) is 8.24. The maximum atomic E-state index is 12.8. The van der Waals surface area contributed by atoms with E-state index in [1.54, 1.807) is 11.6 Å². The van der Waals surface area contributed by atoms with Gasteiger partial charge < -0.3 is 15.0 Å². The second-order valence-electron chi connectivity index (χ2n) is 7.48. The van der Waals surface area contributed by atoms with Gasteiger partial charge in [0.25, 0.3) is 5.91 Å². The molecular formula is C23H26Cl2N4O2. The van der Waals surface area contributed by atoms with Gasteiger partial charge in [-0.15, -0.1) is 0 Å². The molecular weight excluding hydrogens is 435 g/mol. The van der Waals surface area contributed by atoms with Crippen molar-refractivity contribution in [3.63, 3.8) is 0 Å². The van der Waals surface area contributed by atoms with Crippen LogP contribution in [-0.2, 0) is 13.1 Å². The summed E-state index contributed by atoms with van der Waals surface area (Å²) in [5, 5.41) is 8.26. The van der Waals surface area contributed by atoms with Crippen LogP contribution in [0.4, 0.5) is 0 Å². The standard InChI is InChI=1S/C23H26Cl2N4O2/c1-16-21(22(25)29(27-16)15-18-6-4-5-7-20(18)24)23(30)26-14-17-8-10-19(11-9-17)31-13-12-28(2)3/h4-11H,12-15H2,1-3H3,(H,26,30). The van der Waals surface area contributed by atoms with Crippen molar-refractivity contribution in [2.75, 3.05) is 27.2 Å². The minimum atomic E-state index is -0.265. The highest BCUT2D eigenvalue weighted by atomic mass is 35.5. The summed E-state index contributed by atoms with van der Waals surface area (Å²) in [7, 11) is 4.01. The number of benzene rings is 2. The summed E-state index contributed by atoms with van der Waals surface area (Å²) in [4.78, 5) is 14.8. The Morgan fingerprint density at radius 1 is 1.13 bits per heavy atom. The van der Waals surface area contributed by atoms with E-state index in [4.69, 9.17) is 27.9 Å². The number of carbonyl (C=O) groups excluding carboxylic acids is 1. The van der Waals surface area contributed by atoms with Crippen LogP contribution >= 0.6 is 23.2 Å². The average Bonchev–Trinajstić information content (AvgIpc) is 3.01. The number of hydrogen-bond acceptors (Lipinski definition) is 4. The van der Waals surface area contributed by atoms with Gasteiger partial charge in [0.05, 0.1) is 17.8 Å². The predicted molar refractivity (Wildman–Crippen MR) is 124 cm³/mol. The molecule has 0 bridgehead atoms. The number of likely N-dealkylation sites (N-methyl/N-ethyl adjacent to an activating group) is 1. The third-order valence-electron chi connectivity index (χ3n) is 4.75. The molecule has 0 aliphatic rings. The molecule has 0 spiro atoms. The number of aryl methyl sites for hydroxylation is 1. The molecule has 8 heteroatoms.